The average molecular weight is 263 g/mol. The van der Waals surface area contributed by atoms with Gasteiger partial charge in [-0.1, -0.05) is 6.07 Å². The number of fused-ring (bicyclic) bond motifs is 3. The van der Waals surface area contributed by atoms with E-state index in [1.54, 1.807) is 0 Å². The molecule has 2 fully saturated rings. The molecule has 2 saturated heterocycles. The van der Waals surface area contributed by atoms with Gasteiger partial charge in [-0.3, -0.25) is 0 Å². The molecular weight excluding hydrogens is 246 g/mol. The van der Waals surface area contributed by atoms with Gasteiger partial charge in [-0.25, -0.2) is 0 Å². The zero-order valence-electron chi connectivity index (χ0n) is 10.6. The predicted octanol–water partition coefficient (Wildman–Crippen LogP) is 0.754. The van der Waals surface area contributed by atoms with Crippen molar-refractivity contribution in [3.8, 4) is 11.5 Å². The lowest BCUT2D eigenvalue weighted by Crippen LogP contribution is -2.58. The Morgan fingerprint density at radius 2 is 1.84 bits per heavy atom. The van der Waals surface area contributed by atoms with Gasteiger partial charge in [0.05, 0.1) is 18.8 Å². The third kappa shape index (κ3) is 1.89. The fourth-order valence-electron chi connectivity index (χ4n) is 3.34. The molecule has 1 aromatic rings. The number of piperidine rings is 1. The number of aliphatic hydroxyl groups is 1. The van der Waals surface area contributed by atoms with E-state index in [1.165, 1.54) is 0 Å². The van der Waals surface area contributed by atoms with Gasteiger partial charge in [-0.05, 0) is 30.5 Å². The second-order valence-corrected chi connectivity index (χ2v) is 5.61. The highest BCUT2D eigenvalue weighted by molar-refractivity contribution is 5.46. The number of ether oxygens (including phenoxy) is 3. The number of benzene rings is 1. The summed E-state index contributed by atoms with van der Waals surface area (Å²) in [5.41, 5.74) is 0.112. The van der Waals surface area contributed by atoms with Crippen molar-refractivity contribution in [3.05, 3.63) is 23.8 Å². The Morgan fingerprint density at radius 3 is 2.63 bits per heavy atom. The normalized spacial score (nSPS) is 36.3. The topological polar surface area (TPSA) is 60.0 Å². The van der Waals surface area contributed by atoms with Gasteiger partial charge in [0, 0.05) is 12.1 Å². The van der Waals surface area contributed by atoms with Crippen LogP contribution < -0.4 is 14.8 Å². The van der Waals surface area contributed by atoms with E-state index in [2.05, 4.69) is 5.32 Å². The Morgan fingerprint density at radius 1 is 1.11 bits per heavy atom. The molecule has 0 amide bonds. The van der Waals surface area contributed by atoms with Gasteiger partial charge in [0.25, 0.3) is 0 Å². The zero-order chi connectivity index (χ0) is 12.9. The fraction of sp³-hybridized carbons (Fsp3) is 0.571. The molecule has 5 heteroatoms. The van der Waals surface area contributed by atoms with E-state index >= 15 is 0 Å². The Balaban J connectivity index is 1.67. The molecule has 3 heterocycles. The van der Waals surface area contributed by atoms with Crippen LogP contribution in [0.2, 0.25) is 0 Å². The molecule has 19 heavy (non-hydrogen) atoms. The van der Waals surface area contributed by atoms with Crippen LogP contribution in [0, 0.1) is 0 Å². The fourth-order valence-corrected chi connectivity index (χ4v) is 3.34. The molecule has 0 aliphatic carbocycles. The van der Waals surface area contributed by atoms with Crippen molar-refractivity contribution >= 4 is 0 Å². The quantitative estimate of drug-likeness (QED) is 0.783. The molecule has 2 unspecified atom stereocenters. The smallest absolute Gasteiger partial charge is 0.231 e. The van der Waals surface area contributed by atoms with Gasteiger partial charge in [0.2, 0.25) is 6.79 Å². The van der Waals surface area contributed by atoms with Crippen molar-refractivity contribution in [3.63, 3.8) is 0 Å². The molecule has 0 aromatic heterocycles. The van der Waals surface area contributed by atoms with E-state index in [1.807, 2.05) is 18.2 Å². The Hall–Kier alpha value is -1.30. The van der Waals surface area contributed by atoms with Gasteiger partial charge in [0.15, 0.2) is 11.5 Å². The maximum Gasteiger partial charge on any atom is 0.231 e. The molecule has 0 saturated carbocycles. The minimum absolute atomic E-state index is 0.225. The van der Waals surface area contributed by atoms with Crippen molar-refractivity contribution < 1.29 is 19.3 Å². The molecule has 3 aliphatic rings. The SMILES string of the molecule is OC1(c2ccc3c(c2)OCO3)CC2COCC(C1)N2. The summed E-state index contributed by atoms with van der Waals surface area (Å²) < 4.78 is 16.2. The highest BCUT2D eigenvalue weighted by Gasteiger charge is 2.42. The van der Waals surface area contributed by atoms with E-state index in [0.29, 0.717) is 26.1 Å². The van der Waals surface area contributed by atoms with Crippen LogP contribution in [0.1, 0.15) is 18.4 Å². The zero-order valence-corrected chi connectivity index (χ0v) is 10.6. The molecule has 102 valence electrons. The summed E-state index contributed by atoms with van der Waals surface area (Å²) in [4.78, 5) is 0. The monoisotopic (exact) mass is 263 g/mol. The second-order valence-electron chi connectivity index (χ2n) is 5.61. The Kier molecular flexibility index (Phi) is 2.48. The molecule has 3 aliphatic heterocycles. The third-order valence-electron chi connectivity index (χ3n) is 4.19. The summed E-state index contributed by atoms with van der Waals surface area (Å²) in [6.07, 6.45) is 1.34. The van der Waals surface area contributed by atoms with E-state index in [4.69, 9.17) is 14.2 Å². The van der Waals surface area contributed by atoms with Crippen LogP contribution in [-0.2, 0) is 10.3 Å². The molecule has 2 bridgehead atoms. The van der Waals surface area contributed by atoms with Crippen LogP contribution in [0.15, 0.2) is 18.2 Å². The average Bonchev–Trinajstić information content (AvgIpc) is 2.85. The molecule has 2 atom stereocenters. The maximum absolute atomic E-state index is 11.0. The van der Waals surface area contributed by atoms with Crippen LogP contribution in [0.3, 0.4) is 0 Å². The van der Waals surface area contributed by atoms with Crippen molar-refractivity contribution in [1.29, 1.82) is 0 Å². The van der Waals surface area contributed by atoms with Crippen LogP contribution in [0.5, 0.6) is 11.5 Å². The van der Waals surface area contributed by atoms with Crippen molar-refractivity contribution in [1.82, 2.24) is 5.32 Å². The largest absolute Gasteiger partial charge is 0.454 e. The third-order valence-corrected chi connectivity index (χ3v) is 4.19. The van der Waals surface area contributed by atoms with Crippen LogP contribution in [0.4, 0.5) is 0 Å². The lowest BCUT2D eigenvalue weighted by Gasteiger charge is -2.45. The summed E-state index contributed by atoms with van der Waals surface area (Å²) in [6, 6.07) is 6.18. The molecular formula is C14H17NO4. The number of hydrogen-bond acceptors (Lipinski definition) is 5. The minimum atomic E-state index is -0.800. The number of hydrogen-bond donors (Lipinski definition) is 2. The van der Waals surface area contributed by atoms with Crippen molar-refractivity contribution in [2.75, 3.05) is 20.0 Å². The van der Waals surface area contributed by atoms with Gasteiger partial charge in [-0.15, -0.1) is 0 Å². The minimum Gasteiger partial charge on any atom is -0.454 e. The van der Waals surface area contributed by atoms with E-state index in [0.717, 1.165) is 17.1 Å². The van der Waals surface area contributed by atoms with Crippen LogP contribution in [0.25, 0.3) is 0 Å². The molecule has 5 nitrogen and oxygen atoms in total. The number of nitrogens with one attached hydrogen (secondary N) is 1. The first kappa shape index (κ1) is 11.5. The lowest BCUT2D eigenvalue weighted by atomic mass is 9.78. The first-order chi connectivity index (χ1) is 9.23. The number of rotatable bonds is 1. The Bertz CT molecular complexity index is 492. The summed E-state index contributed by atoms with van der Waals surface area (Å²) in [5.74, 6) is 1.48. The Labute approximate surface area is 111 Å². The van der Waals surface area contributed by atoms with Crippen molar-refractivity contribution in [2.24, 2.45) is 0 Å². The molecule has 0 spiro atoms. The highest BCUT2D eigenvalue weighted by Crippen LogP contribution is 2.41. The predicted molar refractivity (Wildman–Crippen MR) is 67.2 cm³/mol. The molecule has 4 rings (SSSR count). The first-order valence-corrected chi connectivity index (χ1v) is 6.69. The van der Waals surface area contributed by atoms with E-state index in [9.17, 15) is 5.11 Å². The van der Waals surface area contributed by atoms with Gasteiger partial charge >= 0.3 is 0 Å². The molecule has 0 radical (unpaired) electrons. The standard InChI is InChI=1S/C14H17NO4/c16-14(4-10-6-17-7-11(5-14)15-10)9-1-2-12-13(3-9)19-8-18-12/h1-3,10-11,15-16H,4-8H2. The summed E-state index contributed by atoms with van der Waals surface area (Å²) in [6.45, 7) is 1.60. The highest BCUT2D eigenvalue weighted by atomic mass is 16.7. The summed E-state index contributed by atoms with van der Waals surface area (Å²) in [5, 5.41) is 14.5. The maximum atomic E-state index is 11.0. The second kappa shape index (κ2) is 4.10. The summed E-state index contributed by atoms with van der Waals surface area (Å²) >= 11 is 0. The first-order valence-electron chi connectivity index (χ1n) is 6.69. The summed E-state index contributed by atoms with van der Waals surface area (Å²) in [7, 11) is 0. The molecule has 2 N–H and O–H groups in total. The van der Waals surface area contributed by atoms with Crippen LogP contribution in [-0.4, -0.2) is 37.2 Å². The van der Waals surface area contributed by atoms with E-state index in [-0.39, 0.29) is 18.9 Å². The van der Waals surface area contributed by atoms with Gasteiger partial charge in [0.1, 0.15) is 0 Å². The van der Waals surface area contributed by atoms with Crippen LogP contribution >= 0.6 is 0 Å². The van der Waals surface area contributed by atoms with Gasteiger partial charge in [-0.2, -0.15) is 0 Å². The lowest BCUT2D eigenvalue weighted by molar-refractivity contribution is -0.0802. The van der Waals surface area contributed by atoms with E-state index < -0.39 is 5.60 Å². The molecule has 1 aromatic carbocycles. The van der Waals surface area contributed by atoms with Gasteiger partial charge < -0.3 is 24.6 Å². The van der Waals surface area contributed by atoms with Crippen molar-refractivity contribution in [2.45, 2.75) is 30.5 Å². The number of morpholine rings is 1.